The van der Waals surface area contributed by atoms with E-state index in [1.807, 2.05) is 48.4 Å². The summed E-state index contributed by atoms with van der Waals surface area (Å²) >= 11 is 1.61. The Morgan fingerprint density at radius 2 is 2.36 bits per heavy atom. The number of thiazole rings is 1. The van der Waals surface area contributed by atoms with Crippen molar-refractivity contribution in [3.05, 3.63) is 45.9 Å². The zero-order chi connectivity index (χ0) is 17.8. The van der Waals surface area contributed by atoms with Gasteiger partial charge in [-0.2, -0.15) is 0 Å². The van der Waals surface area contributed by atoms with Crippen molar-refractivity contribution < 1.29 is 9.53 Å². The lowest BCUT2D eigenvalue weighted by Gasteiger charge is -2.34. The Morgan fingerprint density at radius 3 is 3.08 bits per heavy atom. The average Bonchev–Trinajstić information content (AvgIpc) is 3.05. The summed E-state index contributed by atoms with van der Waals surface area (Å²) in [6.07, 6.45) is 2.11. The zero-order valence-electron chi connectivity index (χ0n) is 14.8. The first-order chi connectivity index (χ1) is 12.0. The van der Waals surface area contributed by atoms with E-state index in [4.69, 9.17) is 10.5 Å². The number of aryl methyl sites for hydroxylation is 1. The van der Waals surface area contributed by atoms with Crippen LogP contribution in [0.4, 0.5) is 0 Å². The molecule has 2 heterocycles. The van der Waals surface area contributed by atoms with Crippen molar-refractivity contribution >= 4 is 17.2 Å². The maximum Gasteiger partial charge on any atom is 0.253 e. The van der Waals surface area contributed by atoms with Gasteiger partial charge in [0.1, 0.15) is 12.4 Å². The highest BCUT2D eigenvalue weighted by molar-refractivity contribution is 7.09. The van der Waals surface area contributed by atoms with E-state index in [0.29, 0.717) is 23.8 Å². The SMILES string of the molecule is Cc1nc(COc2cccc(C(=O)N3CCCC(C(C)N)C3)c2)cs1. The first kappa shape index (κ1) is 17.9. The number of rotatable bonds is 5. The van der Waals surface area contributed by atoms with Crippen LogP contribution in [0, 0.1) is 12.8 Å². The Hall–Kier alpha value is -1.92. The van der Waals surface area contributed by atoms with E-state index in [-0.39, 0.29) is 11.9 Å². The number of benzene rings is 1. The van der Waals surface area contributed by atoms with Gasteiger partial charge in [-0.25, -0.2) is 4.98 Å². The molecule has 2 aromatic rings. The van der Waals surface area contributed by atoms with Gasteiger partial charge in [-0.3, -0.25) is 4.79 Å². The third kappa shape index (κ3) is 4.58. The smallest absolute Gasteiger partial charge is 0.253 e. The van der Waals surface area contributed by atoms with Crippen molar-refractivity contribution in [3.63, 3.8) is 0 Å². The van der Waals surface area contributed by atoms with E-state index in [1.54, 1.807) is 11.3 Å². The van der Waals surface area contributed by atoms with Gasteiger partial charge in [-0.05, 0) is 50.8 Å². The molecule has 0 aliphatic carbocycles. The molecule has 1 aromatic carbocycles. The summed E-state index contributed by atoms with van der Waals surface area (Å²) in [6, 6.07) is 7.51. The van der Waals surface area contributed by atoms with E-state index in [9.17, 15) is 4.79 Å². The van der Waals surface area contributed by atoms with Crippen LogP contribution >= 0.6 is 11.3 Å². The Morgan fingerprint density at radius 1 is 1.52 bits per heavy atom. The number of hydrogen-bond donors (Lipinski definition) is 1. The first-order valence-electron chi connectivity index (χ1n) is 8.71. The number of likely N-dealkylation sites (tertiary alicyclic amines) is 1. The van der Waals surface area contributed by atoms with Gasteiger partial charge in [0.2, 0.25) is 0 Å². The number of nitrogens with zero attached hydrogens (tertiary/aromatic N) is 2. The number of ether oxygens (including phenoxy) is 1. The van der Waals surface area contributed by atoms with E-state index in [0.717, 1.165) is 36.6 Å². The summed E-state index contributed by atoms with van der Waals surface area (Å²) in [7, 11) is 0. The highest BCUT2D eigenvalue weighted by Gasteiger charge is 2.26. The van der Waals surface area contributed by atoms with Gasteiger partial charge in [0, 0.05) is 30.1 Å². The Bertz CT molecular complexity index is 729. The van der Waals surface area contributed by atoms with Crippen molar-refractivity contribution in [2.24, 2.45) is 11.7 Å². The molecule has 5 nitrogen and oxygen atoms in total. The molecule has 1 aromatic heterocycles. The highest BCUT2D eigenvalue weighted by atomic mass is 32.1. The molecule has 1 fully saturated rings. The molecule has 3 rings (SSSR count). The summed E-state index contributed by atoms with van der Waals surface area (Å²) in [5.41, 5.74) is 7.60. The summed E-state index contributed by atoms with van der Waals surface area (Å²) in [5.74, 6) is 1.13. The van der Waals surface area contributed by atoms with Gasteiger partial charge >= 0.3 is 0 Å². The third-order valence-corrected chi connectivity index (χ3v) is 5.45. The quantitative estimate of drug-likeness (QED) is 0.890. The Kier molecular flexibility index (Phi) is 5.71. The van der Waals surface area contributed by atoms with Gasteiger partial charge in [-0.1, -0.05) is 6.07 Å². The lowest BCUT2D eigenvalue weighted by Crippen LogP contribution is -2.45. The summed E-state index contributed by atoms with van der Waals surface area (Å²) in [5, 5.41) is 3.02. The molecule has 1 aliphatic rings. The fraction of sp³-hybridized carbons (Fsp3) is 0.474. The van der Waals surface area contributed by atoms with E-state index >= 15 is 0 Å². The van der Waals surface area contributed by atoms with Crippen molar-refractivity contribution in [2.75, 3.05) is 13.1 Å². The molecule has 0 spiro atoms. The molecule has 6 heteroatoms. The largest absolute Gasteiger partial charge is 0.487 e. The molecule has 134 valence electrons. The normalized spacial score (nSPS) is 18.8. The fourth-order valence-corrected chi connectivity index (χ4v) is 3.75. The predicted molar refractivity (Wildman–Crippen MR) is 99.9 cm³/mol. The number of aromatic nitrogens is 1. The Labute approximate surface area is 152 Å². The number of nitrogens with two attached hydrogens (primary N) is 1. The maximum absolute atomic E-state index is 12.8. The molecule has 25 heavy (non-hydrogen) atoms. The standard InChI is InChI=1S/C19H25N3O2S/c1-13(20)16-6-4-8-22(10-16)19(23)15-5-3-7-18(9-15)24-11-17-12-25-14(2)21-17/h3,5,7,9,12-13,16H,4,6,8,10-11,20H2,1-2H3. The van der Waals surface area contributed by atoms with Crippen LogP contribution in [0.5, 0.6) is 5.75 Å². The van der Waals surface area contributed by atoms with Crippen LogP contribution < -0.4 is 10.5 Å². The monoisotopic (exact) mass is 359 g/mol. The van der Waals surface area contributed by atoms with E-state index < -0.39 is 0 Å². The number of carbonyl (C=O) groups excluding carboxylic acids is 1. The van der Waals surface area contributed by atoms with E-state index in [2.05, 4.69) is 4.98 Å². The van der Waals surface area contributed by atoms with Crippen LogP contribution in [-0.4, -0.2) is 34.9 Å². The lowest BCUT2D eigenvalue weighted by atomic mass is 9.92. The van der Waals surface area contributed by atoms with Crippen molar-refractivity contribution in [3.8, 4) is 5.75 Å². The number of carbonyl (C=O) groups is 1. The van der Waals surface area contributed by atoms with Crippen molar-refractivity contribution in [1.29, 1.82) is 0 Å². The van der Waals surface area contributed by atoms with Crippen LogP contribution in [0.15, 0.2) is 29.6 Å². The van der Waals surface area contributed by atoms with Crippen LogP contribution in [0.2, 0.25) is 0 Å². The molecule has 0 saturated carbocycles. The summed E-state index contributed by atoms with van der Waals surface area (Å²) < 4.78 is 5.80. The zero-order valence-corrected chi connectivity index (χ0v) is 15.6. The third-order valence-electron chi connectivity index (χ3n) is 4.62. The molecular formula is C19H25N3O2S. The molecule has 0 radical (unpaired) electrons. The lowest BCUT2D eigenvalue weighted by molar-refractivity contribution is 0.0660. The van der Waals surface area contributed by atoms with Gasteiger partial charge < -0.3 is 15.4 Å². The van der Waals surface area contributed by atoms with Crippen LogP contribution in [0.25, 0.3) is 0 Å². The topological polar surface area (TPSA) is 68.5 Å². The van der Waals surface area contributed by atoms with Crippen LogP contribution in [0.1, 0.15) is 40.8 Å². The summed E-state index contributed by atoms with van der Waals surface area (Å²) in [4.78, 5) is 19.1. The van der Waals surface area contributed by atoms with Gasteiger partial charge in [0.05, 0.1) is 10.7 Å². The molecule has 1 amide bonds. The number of hydrogen-bond acceptors (Lipinski definition) is 5. The molecule has 1 saturated heterocycles. The molecule has 2 atom stereocenters. The molecule has 1 aliphatic heterocycles. The van der Waals surface area contributed by atoms with Crippen LogP contribution in [-0.2, 0) is 6.61 Å². The second-order valence-corrected chi connectivity index (χ2v) is 7.75. The second kappa shape index (κ2) is 7.97. The van der Waals surface area contributed by atoms with Crippen molar-refractivity contribution in [2.45, 2.75) is 39.3 Å². The number of amides is 1. The molecular weight excluding hydrogens is 334 g/mol. The minimum absolute atomic E-state index is 0.0558. The number of piperidine rings is 1. The second-order valence-electron chi connectivity index (χ2n) is 6.69. The molecule has 0 bridgehead atoms. The van der Waals surface area contributed by atoms with Crippen molar-refractivity contribution in [1.82, 2.24) is 9.88 Å². The minimum Gasteiger partial charge on any atom is -0.487 e. The van der Waals surface area contributed by atoms with Gasteiger partial charge in [-0.15, -0.1) is 11.3 Å². The van der Waals surface area contributed by atoms with E-state index in [1.165, 1.54) is 0 Å². The molecule has 2 unspecified atom stereocenters. The van der Waals surface area contributed by atoms with Gasteiger partial charge in [0.25, 0.3) is 5.91 Å². The fourth-order valence-electron chi connectivity index (χ4n) is 3.16. The first-order valence-corrected chi connectivity index (χ1v) is 9.59. The minimum atomic E-state index is 0.0558. The highest BCUT2D eigenvalue weighted by Crippen LogP contribution is 2.22. The molecule has 2 N–H and O–H groups in total. The predicted octanol–water partition coefficient (Wildman–Crippen LogP) is 3.23. The van der Waals surface area contributed by atoms with Crippen LogP contribution in [0.3, 0.4) is 0 Å². The maximum atomic E-state index is 12.8. The van der Waals surface area contributed by atoms with Gasteiger partial charge in [0.15, 0.2) is 0 Å². The average molecular weight is 359 g/mol. The summed E-state index contributed by atoms with van der Waals surface area (Å²) in [6.45, 7) is 5.94. The Balaban J connectivity index is 1.64.